The van der Waals surface area contributed by atoms with Gasteiger partial charge in [-0.2, -0.15) is 0 Å². The fourth-order valence-electron chi connectivity index (χ4n) is 5.08. The normalized spacial score (nSPS) is 17.5. The van der Waals surface area contributed by atoms with Crippen LogP contribution in [0.5, 0.6) is 11.6 Å². The molecule has 0 bridgehead atoms. The number of aliphatic carboxylic acids is 1. The number of hydrogen-bond acceptors (Lipinski definition) is 6. The van der Waals surface area contributed by atoms with Crippen molar-refractivity contribution in [1.29, 1.82) is 0 Å². The first kappa shape index (κ1) is 27.2. The Morgan fingerprint density at radius 2 is 1.89 bits per heavy atom. The summed E-state index contributed by atoms with van der Waals surface area (Å²) in [5.74, 6) is 1.68. The highest BCUT2D eigenvalue weighted by Crippen LogP contribution is 2.45. The van der Waals surface area contributed by atoms with Gasteiger partial charge in [0.15, 0.2) is 0 Å². The molecule has 1 saturated carbocycles. The van der Waals surface area contributed by atoms with Gasteiger partial charge in [-0.25, -0.2) is 4.98 Å². The fourth-order valence-corrected chi connectivity index (χ4v) is 5.08. The van der Waals surface area contributed by atoms with Crippen LogP contribution >= 0.6 is 0 Å². The third-order valence-corrected chi connectivity index (χ3v) is 7.28. The molecule has 2 aliphatic rings. The number of nitrogens with zero attached hydrogens (tertiary/aromatic N) is 2. The standard InChI is InChI=1S/C30H42N2O5/c1-30(2,3)20-36-19-24-7-8-25(35-4)16-27(24)32-13-10-21(11-14-32)18-37-28-15-23(9-12-31-28)26(17-29(33)34)22-5-6-22/h7-9,12,15-16,21-22,26H,5-6,10-11,13-14,17-20H2,1-4H3,(H,33,34). The van der Waals surface area contributed by atoms with Crippen LogP contribution in [0.3, 0.4) is 0 Å². The van der Waals surface area contributed by atoms with Crippen molar-refractivity contribution in [3.63, 3.8) is 0 Å². The van der Waals surface area contributed by atoms with Crippen molar-refractivity contribution in [2.24, 2.45) is 17.3 Å². The number of hydrogen-bond donors (Lipinski definition) is 1. The number of methoxy groups -OCH3 is 1. The minimum absolute atomic E-state index is 0.0514. The molecule has 7 heteroatoms. The van der Waals surface area contributed by atoms with E-state index in [0.717, 1.165) is 50.1 Å². The van der Waals surface area contributed by atoms with Gasteiger partial charge in [0, 0.05) is 42.7 Å². The molecule has 1 aromatic heterocycles. The van der Waals surface area contributed by atoms with Crippen molar-refractivity contribution in [3.05, 3.63) is 47.7 Å². The Kier molecular flexibility index (Phi) is 8.95. The summed E-state index contributed by atoms with van der Waals surface area (Å²) >= 11 is 0. The summed E-state index contributed by atoms with van der Waals surface area (Å²) in [7, 11) is 1.70. The first-order valence-corrected chi connectivity index (χ1v) is 13.5. The van der Waals surface area contributed by atoms with E-state index in [2.05, 4.69) is 42.8 Å². The van der Waals surface area contributed by atoms with Crippen LogP contribution in [0.25, 0.3) is 0 Å². The second kappa shape index (κ2) is 12.2. The molecule has 1 saturated heterocycles. The molecule has 2 fully saturated rings. The van der Waals surface area contributed by atoms with E-state index in [1.807, 2.05) is 18.2 Å². The van der Waals surface area contributed by atoms with Gasteiger partial charge in [-0.15, -0.1) is 0 Å². The van der Waals surface area contributed by atoms with E-state index in [-0.39, 0.29) is 17.8 Å². The zero-order valence-electron chi connectivity index (χ0n) is 22.7. The number of anilines is 1. The van der Waals surface area contributed by atoms with Gasteiger partial charge in [-0.05, 0) is 66.5 Å². The maximum atomic E-state index is 11.3. The molecule has 37 heavy (non-hydrogen) atoms. The molecule has 1 unspecified atom stereocenters. The van der Waals surface area contributed by atoms with Crippen molar-refractivity contribution in [1.82, 2.24) is 4.98 Å². The van der Waals surface area contributed by atoms with Crippen molar-refractivity contribution in [2.45, 2.75) is 65.4 Å². The zero-order valence-corrected chi connectivity index (χ0v) is 22.7. The molecule has 2 heterocycles. The lowest BCUT2D eigenvalue weighted by molar-refractivity contribution is -0.137. The first-order chi connectivity index (χ1) is 17.7. The number of piperidine rings is 1. The van der Waals surface area contributed by atoms with Crippen LogP contribution in [-0.2, 0) is 16.1 Å². The number of aromatic nitrogens is 1. The van der Waals surface area contributed by atoms with Gasteiger partial charge in [0.25, 0.3) is 0 Å². The summed E-state index contributed by atoms with van der Waals surface area (Å²) in [4.78, 5) is 18.2. The van der Waals surface area contributed by atoms with Crippen LogP contribution in [0.2, 0.25) is 0 Å². The van der Waals surface area contributed by atoms with Gasteiger partial charge in [-0.3, -0.25) is 4.79 Å². The summed E-state index contributed by atoms with van der Waals surface area (Å²) in [5, 5.41) is 9.32. The number of ether oxygens (including phenoxy) is 3. The van der Waals surface area contributed by atoms with Crippen molar-refractivity contribution in [3.8, 4) is 11.6 Å². The number of rotatable bonds is 12. The summed E-state index contributed by atoms with van der Waals surface area (Å²) in [5.41, 5.74) is 3.54. The molecule has 1 aliphatic heterocycles. The highest BCUT2D eigenvalue weighted by molar-refractivity contribution is 5.68. The molecule has 0 amide bonds. The van der Waals surface area contributed by atoms with E-state index in [1.54, 1.807) is 13.3 Å². The largest absolute Gasteiger partial charge is 0.497 e. The lowest BCUT2D eigenvalue weighted by Crippen LogP contribution is -2.36. The molecule has 1 aliphatic carbocycles. The van der Waals surface area contributed by atoms with Gasteiger partial charge in [0.2, 0.25) is 5.88 Å². The molecule has 0 spiro atoms. The third kappa shape index (κ3) is 8.09. The molecule has 7 nitrogen and oxygen atoms in total. The molecule has 1 atom stereocenters. The third-order valence-electron chi connectivity index (χ3n) is 7.28. The van der Waals surface area contributed by atoms with Crippen LogP contribution in [0.15, 0.2) is 36.5 Å². The summed E-state index contributed by atoms with van der Waals surface area (Å²) in [6, 6.07) is 10.1. The van der Waals surface area contributed by atoms with E-state index >= 15 is 0 Å². The van der Waals surface area contributed by atoms with Gasteiger partial charge >= 0.3 is 5.97 Å². The highest BCUT2D eigenvalue weighted by Gasteiger charge is 2.34. The Labute approximate surface area is 221 Å². The number of carboxylic acids is 1. The molecule has 202 valence electrons. The minimum atomic E-state index is -0.747. The second-order valence-electron chi connectivity index (χ2n) is 11.8. The zero-order chi connectivity index (χ0) is 26.4. The minimum Gasteiger partial charge on any atom is -0.497 e. The highest BCUT2D eigenvalue weighted by atomic mass is 16.5. The number of carbonyl (C=O) groups is 1. The summed E-state index contributed by atoms with van der Waals surface area (Å²) in [6.07, 6.45) is 6.18. The quantitative estimate of drug-likeness (QED) is 0.380. The van der Waals surface area contributed by atoms with E-state index in [9.17, 15) is 9.90 Å². The van der Waals surface area contributed by atoms with E-state index in [4.69, 9.17) is 14.2 Å². The van der Waals surface area contributed by atoms with Crippen molar-refractivity contribution in [2.75, 3.05) is 38.3 Å². The predicted molar refractivity (Wildman–Crippen MR) is 144 cm³/mol. The Bertz CT molecular complexity index is 1040. The average Bonchev–Trinajstić information content (AvgIpc) is 3.71. The molecule has 1 N–H and O–H groups in total. The predicted octanol–water partition coefficient (Wildman–Crippen LogP) is 5.92. The summed E-state index contributed by atoms with van der Waals surface area (Å²) < 4.78 is 17.7. The second-order valence-corrected chi connectivity index (χ2v) is 11.8. The number of carboxylic acid groups (broad SMARTS) is 1. The SMILES string of the molecule is COc1ccc(COCC(C)(C)C)c(N2CCC(COc3cc(C(CC(=O)O)C4CC4)ccn3)CC2)c1. The van der Waals surface area contributed by atoms with Crippen molar-refractivity contribution >= 4 is 11.7 Å². The Balaban J connectivity index is 1.32. The maximum absolute atomic E-state index is 11.3. The van der Waals surface area contributed by atoms with Crippen LogP contribution in [-0.4, -0.2) is 49.5 Å². The fraction of sp³-hybridized carbons (Fsp3) is 0.600. The van der Waals surface area contributed by atoms with Gasteiger partial charge in [0.05, 0.1) is 33.4 Å². The lowest BCUT2D eigenvalue weighted by Gasteiger charge is -2.35. The Morgan fingerprint density at radius 3 is 2.54 bits per heavy atom. The molecule has 0 radical (unpaired) electrons. The monoisotopic (exact) mass is 510 g/mol. The van der Waals surface area contributed by atoms with Crippen molar-refractivity contribution < 1.29 is 24.1 Å². The maximum Gasteiger partial charge on any atom is 0.303 e. The number of benzene rings is 1. The average molecular weight is 511 g/mol. The van der Waals surface area contributed by atoms with Gasteiger partial charge < -0.3 is 24.2 Å². The van der Waals surface area contributed by atoms with Crippen LogP contribution in [0, 0.1) is 17.3 Å². The smallest absolute Gasteiger partial charge is 0.303 e. The van der Waals surface area contributed by atoms with Gasteiger partial charge in [-0.1, -0.05) is 26.8 Å². The van der Waals surface area contributed by atoms with Crippen LogP contribution in [0.1, 0.15) is 69.9 Å². The molecule has 2 aromatic rings. The van der Waals surface area contributed by atoms with Crippen LogP contribution < -0.4 is 14.4 Å². The summed E-state index contributed by atoms with van der Waals surface area (Å²) in [6.45, 7) is 10.4. The van der Waals surface area contributed by atoms with E-state index in [0.29, 0.717) is 37.5 Å². The Hall–Kier alpha value is -2.80. The van der Waals surface area contributed by atoms with Gasteiger partial charge in [0.1, 0.15) is 5.75 Å². The molecular weight excluding hydrogens is 468 g/mol. The van der Waals surface area contributed by atoms with E-state index < -0.39 is 5.97 Å². The topological polar surface area (TPSA) is 81.1 Å². The molecule has 1 aromatic carbocycles. The number of pyridine rings is 1. The van der Waals surface area contributed by atoms with E-state index in [1.165, 1.54) is 11.3 Å². The Morgan fingerprint density at radius 1 is 1.14 bits per heavy atom. The van der Waals surface area contributed by atoms with Crippen LogP contribution in [0.4, 0.5) is 5.69 Å². The molecule has 4 rings (SSSR count). The first-order valence-electron chi connectivity index (χ1n) is 13.5. The lowest BCUT2D eigenvalue weighted by atomic mass is 9.92. The molecular formula is C30H42N2O5.